The molecule has 1 heterocycles. The van der Waals surface area contributed by atoms with Crippen molar-refractivity contribution in [2.45, 2.75) is 13.3 Å². The third kappa shape index (κ3) is 4.82. The first-order valence-electron chi connectivity index (χ1n) is 5.28. The van der Waals surface area contributed by atoms with E-state index < -0.39 is 5.97 Å². The molecule has 4 nitrogen and oxygen atoms in total. The highest BCUT2D eigenvalue weighted by molar-refractivity contribution is 5.66. The van der Waals surface area contributed by atoms with Gasteiger partial charge in [-0.05, 0) is 6.92 Å². The SMILES string of the molecule is CC#CCN1CCN(CCC(=O)O)CC1. The van der Waals surface area contributed by atoms with Gasteiger partial charge in [0.2, 0.25) is 0 Å². The second-order valence-electron chi connectivity index (χ2n) is 3.69. The molecule has 0 aromatic carbocycles. The maximum absolute atomic E-state index is 10.4. The van der Waals surface area contributed by atoms with Crippen molar-refractivity contribution in [3.63, 3.8) is 0 Å². The Hall–Kier alpha value is -1.05. The van der Waals surface area contributed by atoms with E-state index >= 15 is 0 Å². The van der Waals surface area contributed by atoms with E-state index in [9.17, 15) is 4.79 Å². The Morgan fingerprint density at radius 3 is 2.40 bits per heavy atom. The molecule has 15 heavy (non-hydrogen) atoms. The molecule has 0 bridgehead atoms. The van der Waals surface area contributed by atoms with Gasteiger partial charge in [0.15, 0.2) is 0 Å². The van der Waals surface area contributed by atoms with Crippen LogP contribution < -0.4 is 0 Å². The van der Waals surface area contributed by atoms with Crippen molar-refractivity contribution in [1.29, 1.82) is 0 Å². The molecule has 0 atom stereocenters. The van der Waals surface area contributed by atoms with E-state index in [1.165, 1.54) is 0 Å². The van der Waals surface area contributed by atoms with Crippen molar-refractivity contribution < 1.29 is 9.90 Å². The summed E-state index contributed by atoms with van der Waals surface area (Å²) in [5.41, 5.74) is 0. The van der Waals surface area contributed by atoms with Crippen LogP contribution in [0.4, 0.5) is 0 Å². The van der Waals surface area contributed by atoms with E-state index in [1.54, 1.807) is 0 Å². The molecule has 1 aliphatic rings. The van der Waals surface area contributed by atoms with Crippen LogP contribution in [-0.2, 0) is 4.79 Å². The average Bonchev–Trinajstić information content (AvgIpc) is 2.25. The molecule has 84 valence electrons. The van der Waals surface area contributed by atoms with Crippen molar-refractivity contribution in [2.75, 3.05) is 39.3 Å². The third-order valence-corrected chi connectivity index (χ3v) is 2.59. The fourth-order valence-electron chi connectivity index (χ4n) is 1.62. The molecule has 4 heteroatoms. The van der Waals surface area contributed by atoms with Gasteiger partial charge in [-0.3, -0.25) is 9.69 Å². The van der Waals surface area contributed by atoms with E-state index in [4.69, 9.17) is 5.11 Å². The van der Waals surface area contributed by atoms with Gasteiger partial charge in [-0.15, -0.1) is 5.92 Å². The van der Waals surface area contributed by atoms with Crippen molar-refractivity contribution in [1.82, 2.24) is 9.80 Å². The Kier molecular flexibility index (Phi) is 5.16. The Balaban J connectivity index is 2.17. The summed E-state index contributed by atoms with van der Waals surface area (Å²) in [5, 5.41) is 8.56. The summed E-state index contributed by atoms with van der Waals surface area (Å²) in [6, 6.07) is 0. The number of hydrogen-bond donors (Lipinski definition) is 1. The van der Waals surface area contributed by atoms with E-state index in [1.807, 2.05) is 6.92 Å². The minimum atomic E-state index is -0.714. The molecule has 1 N–H and O–H groups in total. The van der Waals surface area contributed by atoms with Gasteiger partial charge in [-0.2, -0.15) is 0 Å². The fraction of sp³-hybridized carbons (Fsp3) is 0.727. The summed E-state index contributed by atoms with van der Waals surface area (Å²) >= 11 is 0. The zero-order valence-corrected chi connectivity index (χ0v) is 9.20. The topological polar surface area (TPSA) is 43.8 Å². The lowest BCUT2D eigenvalue weighted by Crippen LogP contribution is -2.46. The second-order valence-corrected chi connectivity index (χ2v) is 3.69. The summed E-state index contributed by atoms with van der Waals surface area (Å²) in [5.74, 6) is 5.22. The summed E-state index contributed by atoms with van der Waals surface area (Å²) in [4.78, 5) is 14.9. The van der Waals surface area contributed by atoms with Gasteiger partial charge < -0.3 is 10.0 Å². The van der Waals surface area contributed by atoms with Gasteiger partial charge in [0.1, 0.15) is 0 Å². The first kappa shape index (κ1) is 12.0. The molecular formula is C11H18N2O2. The van der Waals surface area contributed by atoms with E-state index in [0.717, 1.165) is 32.7 Å². The molecule has 0 aliphatic carbocycles. The largest absolute Gasteiger partial charge is 0.481 e. The molecule has 1 aliphatic heterocycles. The molecule has 0 aromatic rings. The predicted octanol–water partition coefficient (Wildman–Crippen LogP) is 0.102. The van der Waals surface area contributed by atoms with Gasteiger partial charge in [0.05, 0.1) is 13.0 Å². The average molecular weight is 210 g/mol. The van der Waals surface area contributed by atoms with Crippen molar-refractivity contribution in [2.24, 2.45) is 0 Å². The molecule has 1 saturated heterocycles. The van der Waals surface area contributed by atoms with Crippen molar-refractivity contribution in [3.8, 4) is 11.8 Å². The normalized spacial score (nSPS) is 18.2. The minimum Gasteiger partial charge on any atom is -0.481 e. The van der Waals surface area contributed by atoms with Crippen LogP contribution in [0.1, 0.15) is 13.3 Å². The standard InChI is InChI=1S/C11H18N2O2/c1-2-3-5-12-7-9-13(10-8-12)6-4-11(14)15/h4-10H2,1H3,(H,14,15). The molecule has 1 fully saturated rings. The van der Waals surface area contributed by atoms with Crippen LogP contribution in [0.2, 0.25) is 0 Å². The molecule has 0 radical (unpaired) electrons. The second kappa shape index (κ2) is 6.44. The highest BCUT2D eigenvalue weighted by atomic mass is 16.4. The predicted molar refractivity (Wildman–Crippen MR) is 58.6 cm³/mol. The molecule has 1 rings (SSSR count). The highest BCUT2D eigenvalue weighted by Crippen LogP contribution is 2.01. The summed E-state index contributed by atoms with van der Waals surface area (Å²) in [7, 11) is 0. The lowest BCUT2D eigenvalue weighted by atomic mass is 10.3. The molecule has 0 saturated carbocycles. The lowest BCUT2D eigenvalue weighted by Gasteiger charge is -2.33. The summed E-state index contributed by atoms with van der Waals surface area (Å²) < 4.78 is 0. The van der Waals surface area contributed by atoms with Crippen molar-refractivity contribution >= 4 is 5.97 Å². The monoisotopic (exact) mass is 210 g/mol. The Bertz CT molecular complexity index is 259. The van der Waals surface area contributed by atoms with Gasteiger partial charge in [-0.25, -0.2) is 0 Å². The number of hydrogen-bond acceptors (Lipinski definition) is 3. The minimum absolute atomic E-state index is 0.245. The van der Waals surface area contributed by atoms with Gasteiger partial charge >= 0.3 is 5.97 Å². The summed E-state index contributed by atoms with van der Waals surface area (Å²) in [6.45, 7) is 7.26. The van der Waals surface area contributed by atoms with Gasteiger partial charge in [0, 0.05) is 32.7 Å². The van der Waals surface area contributed by atoms with Crippen molar-refractivity contribution in [3.05, 3.63) is 0 Å². The first-order chi connectivity index (χ1) is 7.22. The molecule has 0 amide bonds. The van der Waals surface area contributed by atoms with Crippen LogP contribution in [0.15, 0.2) is 0 Å². The van der Waals surface area contributed by atoms with Gasteiger partial charge in [0.25, 0.3) is 0 Å². The van der Waals surface area contributed by atoms with Crippen LogP contribution in [0.5, 0.6) is 0 Å². The zero-order chi connectivity index (χ0) is 11.1. The Morgan fingerprint density at radius 2 is 1.87 bits per heavy atom. The van der Waals surface area contributed by atoms with Crippen LogP contribution in [0, 0.1) is 11.8 Å². The number of rotatable bonds is 4. The lowest BCUT2D eigenvalue weighted by molar-refractivity contribution is -0.137. The number of aliphatic carboxylic acids is 1. The first-order valence-corrected chi connectivity index (χ1v) is 5.28. The maximum atomic E-state index is 10.4. The smallest absolute Gasteiger partial charge is 0.304 e. The quantitative estimate of drug-likeness (QED) is 0.668. The molecular weight excluding hydrogens is 192 g/mol. The zero-order valence-electron chi connectivity index (χ0n) is 9.20. The number of carbonyl (C=O) groups is 1. The number of carboxylic acids is 1. The number of nitrogens with zero attached hydrogens (tertiary/aromatic N) is 2. The molecule has 0 aromatic heterocycles. The highest BCUT2D eigenvalue weighted by Gasteiger charge is 2.16. The van der Waals surface area contributed by atoms with E-state index in [2.05, 4.69) is 21.6 Å². The Labute approximate surface area is 90.9 Å². The summed E-state index contributed by atoms with van der Waals surface area (Å²) in [6.07, 6.45) is 0.245. The molecule has 0 unspecified atom stereocenters. The van der Waals surface area contributed by atoms with Crippen LogP contribution in [-0.4, -0.2) is 60.1 Å². The maximum Gasteiger partial charge on any atom is 0.304 e. The van der Waals surface area contributed by atoms with E-state index in [0.29, 0.717) is 6.54 Å². The van der Waals surface area contributed by atoms with E-state index in [-0.39, 0.29) is 6.42 Å². The fourth-order valence-corrected chi connectivity index (χ4v) is 1.62. The number of carboxylic acid groups (broad SMARTS) is 1. The molecule has 0 spiro atoms. The Morgan fingerprint density at radius 1 is 1.27 bits per heavy atom. The van der Waals surface area contributed by atoms with Crippen LogP contribution in [0.25, 0.3) is 0 Å². The third-order valence-electron chi connectivity index (χ3n) is 2.59. The van der Waals surface area contributed by atoms with Crippen LogP contribution >= 0.6 is 0 Å². The van der Waals surface area contributed by atoms with Gasteiger partial charge in [-0.1, -0.05) is 5.92 Å². The van der Waals surface area contributed by atoms with Crippen LogP contribution in [0.3, 0.4) is 0 Å². The number of piperazine rings is 1.